The minimum atomic E-state index is -0.368. The molecule has 8 nitrogen and oxygen atoms in total. The Hall–Kier alpha value is -4.66. The van der Waals surface area contributed by atoms with Crippen LogP contribution >= 0.6 is 0 Å². The molecule has 0 spiro atoms. The Morgan fingerprint density at radius 2 is 1.82 bits per heavy atom. The van der Waals surface area contributed by atoms with Crippen molar-refractivity contribution >= 4 is 21.9 Å². The second kappa shape index (κ2) is 7.49. The molecular formula is C24H16FN7O. The molecule has 0 fully saturated rings. The van der Waals surface area contributed by atoms with E-state index in [0.29, 0.717) is 28.3 Å². The molecule has 0 saturated carbocycles. The monoisotopic (exact) mass is 437 g/mol. The average Bonchev–Trinajstić information content (AvgIpc) is 3.47. The van der Waals surface area contributed by atoms with E-state index in [9.17, 15) is 4.39 Å². The molecule has 33 heavy (non-hydrogen) atoms. The number of rotatable bonds is 4. The topological polar surface area (TPSA) is 105 Å². The first-order valence-corrected chi connectivity index (χ1v) is 10.1. The van der Waals surface area contributed by atoms with Crippen molar-refractivity contribution in [3.05, 3.63) is 73.2 Å². The van der Waals surface area contributed by atoms with Gasteiger partial charge in [0, 0.05) is 35.4 Å². The van der Waals surface area contributed by atoms with Gasteiger partial charge in [-0.1, -0.05) is 0 Å². The van der Waals surface area contributed by atoms with Gasteiger partial charge in [-0.15, -0.1) is 0 Å². The number of hydrogen-bond acceptors (Lipinski definition) is 6. The summed E-state index contributed by atoms with van der Waals surface area (Å²) in [4.78, 5) is 20.7. The van der Waals surface area contributed by atoms with Crippen LogP contribution in [0.3, 0.4) is 0 Å². The van der Waals surface area contributed by atoms with Gasteiger partial charge in [0.1, 0.15) is 28.6 Å². The lowest BCUT2D eigenvalue weighted by Crippen LogP contribution is -1.88. The fourth-order valence-electron chi connectivity index (χ4n) is 3.94. The van der Waals surface area contributed by atoms with E-state index in [1.165, 1.54) is 19.2 Å². The molecule has 0 amide bonds. The number of hydrogen-bond donors (Lipinski definition) is 2. The maximum absolute atomic E-state index is 14.1. The summed E-state index contributed by atoms with van der Waals surface area (Å²) < 4.78 is 19.4. The highest BCUT2D eigenvalue weighted by atomic mass is 19.1. The molecule has 2 N–H and O–H groups in total. The molecule has 0 aliphatic rings. The first-order valence-electron chi connectivity index (χ1n) is 10.1. The molecular weight excluding hydrogens is 421 g/mol. The number of nitrogens with zero attached hydrogens (tertiary/aromatic N) is 5. The Morgan fingerprint density at radius 1 is 0.879 bits per heavy atom. The molecule has 9 heteroatoms. The van der Waals surface area contributed by atoms with Crippen LogP contribution in [-0.4, -0.2) is 42.2 Å². The summed E-state index contributed by atoms with van der Waals surface area (Å²) in [6.07, 6.45) is 8.33. The van der Waals surface area contributed by atoms with Crippen molar-refractivity contribution in [2.75, 3.05) is 7.11 Å². The first-order chi connectivity index (χ1) is 16.2. The van der Waals surface area contributed by atoms with Gasteiger partial charge in [-0.25, -0.2) is 9.37 Å². The van der Waals surface area contributed by atoms with Crippen molar-refractivity contribution in [1.82, 2.24) is 35.1 Å². The van der Waals surface area contributed by atoms with Crippen molar-refractivity contribution in [1.29, 1.82) is 0 Å². The lowest BCUT2D eigenvalue weighted by Gasteiger charge is -2.06. The van der Waals surface area contributed by atoms with Crippen LogP contribution < -0.4 is 4.74 Å². The van der Waals surface area contributed by atoms with E-state index in [4.69, 9.17) is 4.74 Å². The fraction of sp³-hybridized carbons (Fsp3) is 0.0417. The number of ether oxygens (including phenoxy) is 1. The second-order valence-electron chi connectivity index (χ2n) is 7.46. The maximum atomic E-state index is 14.1. The van der Waals surface area contributed by atoms with E-state index in [-0.39, 0.29) is 5.82 Å². The number of pyridine rings is 2. The van der Waals surface area contributed by atoms with Gasteiger partial charge in [0.05, 0.1) is 36.4 Å². The van der Waals surface area contributed by atoms with E-state index in [1.54, 1.807) is 37.1 Å². The number of H-pyrrole nitrogens is 2. The van der Waals surface area contributed by atoms with Gasteiger partial charge in [-0.05, 0) is 41.5 Å². The zero-order chi connectivity index (χ0) is 22.4. The van der Waals surface area contributed by atoms with E-state index < -0.39 is 0 Å². The van der Waals surface area contributed by atoms with Crippen molar-refractivity contribution < 1.29 is 9.13 Å². The molecule has 160 valence electrons. The molecule has 1 aromatic carbocycles. The molecule has 0 aliphatic heterocycles. The molecule has 6 aromatic rings. The number of aromatic nitrogens is 7. The first kappa shape index (κ1) is 19.1. The Bertz CT molecular complexity index is 1620. The third kappa shape index (κ3) is 3.26. The van der Waals surface area contributed by atoms with Crippen molar-refractivity contribution in [3.63, 3.8) is 0 Å². The van der Waals surface area contributed by atoms with Gasteiger partial charge in [0.15, 0.2) is 0 Å². The fourth-order valence-corrected chi connectivity index (χ4v) is 3.94. The standard InChI is InChI=1S/C24H16FN7O/c1-33-15-7-13(6-14(25)8-15)16-2-3-28-24-17(16)9-20(30-24)23-18-10-19(22-11-26-4-5-27-22)29-12-21(18)31-32-23/h2-12H,1H3,(H,28,30)(H,31,32). The van der Waals surface area contributed by atoms with Gasteiger partial charge < -0.3 is 9.72 Å². The van der Waals surface area contributed by atoms with E-state index in [2.05, 4.69) is 35.1 Å². The Labute approximate surface area is 186 Å². The number of nitrogens with one attached hydrogen (secondary N) is 2. The number of methoxy groups -OCH3 is 1. The number of benzene rings is 1. The quantitative estimate of drug-likeness (QED) is 0.411. The minimum absolute atomic E-state index is 0.368. The van der Waals surface area contributed by atoms with Crippen LogP contribution in [0.25, 0.3) is 55.8 Å². The molecule has 0 aliphatic carbocycles. The largest absolute Gasteiger partial charge is 0.497 e. The SMILES string of the molecule is COc1cc(F)cc(-c2ccnc3[nH]c(-c4n[nH]c5cnc(-c6cnccn6)cc45)cc23)c1. The normalized spacial score (nSPS) is 11.3. The highest BCUT2D eigenvalue weighted by Crippen LogP contribution is 2.35. The number of halogens is 1. The maximum Gasteiger partial charge on any atom is 0.138 e. The van der Waals surface area contributed by atoms with Gasteiger partial charge in [-0.3, -0.25) is 20.1 Å². The highest BCUT2D eigenvalue weighted by Gasteiger charge is 2.16. The summed E-state index contributed by atoms with van der Waals surface area (Å²) in [7, 11) is 1.52. The third-order valence-corrected chi connectivity index (χ3v) is 5.48. The molecule has 5 heterocycles. The zero-order valence-corrected chi connectivity index (χ0v) is 17.4. The van der Waals surface area contributed by atoms with Gasteiger partial charge in [-0.2, -0.15) is 5.10 Å². The summed E-state index contributed by atoms with van der Waals surface area (Å²) in [5.74, 6) is 0.0838. The molecule has 0 unspecified atom stereocenters. The van der Waals surface area contributed by atoms with Gasteiger partial charge in [0.2, 0.25) is 0 Å². The smallest absolute Gasteiger partial charge is 0.138 e. The second-order valence-corrected chi connectivity index (χ2v) is 7.46. The van der Waals surface area contributed by atoms with E-state index >= 15 is 0 Å². The van der Waals surface area contributed by atoms with Crippen LogP contribution in [0.15, 0.2) is 67.4 Å². The van der Waals surface area contributed by atoms with Crippen molar-refractivity contribution in [2.45, 2.75) is 0 Å². The minimum Gasteiger partial charge on any atom is -0.497 e. The van der Waals surface area contributed by atoms with E-state index in [1.807, 2.05) is 18.2 Å². The van der Waals surface area contributed by atoms with Crippen LogP contribution in [0.1, 0.15) is 0 Å². The van der Waals surface area contributed by atoms with Crippen LogP contribution in [-0.2, 0) is 0 Å². The van der Waals surface area contributed by atoms with Crippen LogP contribution in [0.5, 0.6) is 5.75 Å². The summed E-state index contributed by atoms with van der Waals surface area (Å²) >= 11 is 0. The average molecular weight is 437 g/mol. The summed E-state index contributed by atoms with van der Waals surface area (Å²) in [6.45, 7) is 0. The lowest BCUT2D eigenvalue weighted by atomic mass is 10.0. The predicted molar refractivity (Wildman–Crippen MR) is 122 cm³/mol. The summed E-state index contributed by atoms with van der Waals surface area (Å²) in [5, 5.41) is 9.25. The molecule has 6 rings (SSSR count). The Kier molecular flexibility index (Phi) is 4.32. The molecule has 0 radical (unpaired) electrons. The van der Waals surface area contributed by atoms with Crippen molar-refractivity contribution in [3.8, 4) is 39.7 Å². The third-order valence-electron chi connectivity index (χ3n) is 5.48. The predicted octanol–water partition coefficient (Wildman–Crippen LogP) is 4.77. The van der Waals surface area contributed by atoms with Crippen LogP contribution in [0.4, 0.5) is 4.39 Å². The summed E-state index contributed by atoms with van der Waals surface area (Å²) in [5.41, 5.74) is 5.86. The van der Waals surface area contributed by atoms with Gasteiger partial charge in [0.25, 0.3) is 0 Å². The zero-order valence-electron chi connectivity index (χ0n) is 17.4. The highest BCUT2D eigenvalue weighted by molar-refractivity contribution is 6.00. The molecule has 0 atom stereocenters. The Morgan fingerprint density at radius 3 is 2.67 bits per heavy atom. The molecule has 5 aromatic heterocycles. The number of fused-ring (bicyclic) bond motifs is 2. The van der Waals surface area contributed by atoms with E-state index in [0.717, 1.165) is 33.2 Å². The Balaban J connectivity index is 1.50. The van der Waals surface area contributed by atoms with Crippen LogP contribution in [0.2, 0.25) is 0 Å². The van der Waals surface area contributed by atoms with Gasteiger partial charge >= 0.3 is 0 Å². The number of aromatic amines is 2. The van der Waals surface area contributed by atoms with Crippen LogP contribution in [0, 0.1) is 5.82 Å². The molecule has 0 bridgehead atoms. The van der Waals surface area contributed by atoms with Crippen molar-refractivity contribution in [2.24, 2.45) is 0 Å². The summed E-state index contributed by atoms with van der Waals surface area (Å²) in [6, 6.07) is 10.4. The molecule has 0 saturated heterocycles. The lowest BCUT2D eigenvalue weighted by molar-refractivity contribution is 0.411.